The van der Waals surface area contributed by atoms with Crippen LogP contribution < -0.4 is 5.32 Å². The van der Waals surface area contributed by atoms with Crippen molar-refractivity contribution in [2.75, 3.05) is 11.9 Å². The van der Waals surface area contributed by atoms with Crippen molar-refractivity contribution < 1.29 is 18.3 Å². The van der Waals surface area contributed by atoms with Gasteiger partial charge >= 0.3 is 6.18 Å². The molecule has 0 fully saturated rings. The second-order valence-corrected chi connectivity index (χ2v) is 6.25. The molecule has 0 saturated carbocycles. The Balaban J connectivity index is 1.91. The molecule has 2 N–H and O–H groups in total. The zero-order chi connectivity index (χ0) is 19.6. The summed E-state index contributed by atoms with van der Waals surface area (Å²) in [6.07, 6.45) is -4.37. The Kier molecular flexibility index (Phi) is 5.18. The number of alkyl halides is 3. The number of halogens is 3. The lowest BCUT2D eigenvalue weighted by atomic mass is 10.1. The lowest BCUT2D eigenvalue weighted by Gasteiger charge is -2.12. The number of rotatable bonds is 5. The van der Waals surface area contributed by atoms with Gasteiger partial charge in [-0.1, -0.05) is 19.1 Å². The summed E-state index contributed by atoms with van der Waals surface area (Å²) < 4.78 is 39.7. The van der Waals surface area contributed by atoms with Crippen LogP contribution in [0.1, 0.15) is 24.2 Å². The number of hydrogen-bond donors (Lipinski definition) is 2. The van der Waals surface area contributed by atoms with Crippen molar-refractivity contribution in [3.63, 3.8) is 0 Å². The van der Waals surface area contributed by atoms with Gasteiger partial charge in [-0.2, -0.15) is 18.3 Å². The van der Waals surface area contributed by atoms with Gasteiger partial charge in [0.15, 0.2) is 5.82 Å². The molecule has 5 nitrogen and oxygen atoms in total. The van der Waals surface area contributed by atoms with Crippen molar-refractivity contribution >= 4 is 11.4 Å². The molecule has 3 aromatic rings. The smallest absolute Gasteiger partial charge is 0.396 e. The van der Waals surface area contributed by atoms with E-state index in [0.29, 0.717) is 28.6 Å². The number of anilines is 2. The van der Waals surface area contributed by atoms with Gasteiger partial charge in [-0.25, -0.2) is 4.98 Å². The summed E-state index contributed by atoms with van der Waals surface area (Å²) in [7, 11) is 1.75. The second kappa shape index (κ2) is 7.40. The Morgan fingerprint density at radius 1 is 1.11 bits per heavy atom. The molecule has 0 aliphatic heterocycles. The van der Waals surface area contributed by atoms with Gasteiger partial charge in [-0.15, -0.1) is 0 Å². The Labute approximate surface area is 154 Å². The number of benzene rings is 2. The van der Waals surface area contributed by atoms with Crippen LogP contribution >= 0.6 is 0 Å². The van der Waals surface area contributed by atoms with E-state index in [-0.39, 0.29) is 12.5 Å². The Morgan fingerprint density at radius 2 is 1.78 bits per heavy atom. The fourth-order valence-corrected chi connectivity index (χ4v) is 2.71. The standard InChI is InChI=1S/C19H19F3N4O/c1-12(11-27)18-24-17(25-26(18)2)15-5-3-4-6-16(15)23-14-9-7-13(8-10-14)19(20,21)22/h3-10,12,23,27H,11H2,1-2H3. The molecule has 142 valence electrons. The summed E-state index contributed by atoms with van der Waals surface area (Å²) in [4.78, 5) is 4.50. The predicted octanol–water partition coefficient (Wildman–Crippen LogP) is 4.34. The monoisotopic (exact) mass is 376 g/mol. The van der Waals surface area contributed by atoms with E-state index in [1.165, 1.54) is 12.1 Å². The van der Waals surface area contributed by atoms with Crippen molar-refractivity contribution in [2.45, 2.75) is 19.0 Å². The zero-order valence-corrected chi connectivity index (χ0v) is 14.8. The molecule has 8 heteroatoms. The van der Waals surface area contributed by atoms with Gasteiger partial charge in [0.1, 0.15) is 5.82 Å². The number of aliphatic hydroxyl groups excluding tert-OH is 1. The normalized spacial score (nSPS) is 12.8. The molecule has 0 spiro atoms. The quantitative estimate of drug-likeness (QED) is 0.695. The largest absolute Gasteiger partial charge is 0.416 e. The molecule has 1 heterocycles. The summed E-state index contributed by atoms with van der Waals surface area (Å²) in [5.41, 5.74) is 1.21. The first kappa shape index (κ1) is 18.9. The second-order valence-electron chi connectivity index (χ2n) is 6.25. The lowest BCUT2D eigenvalue weighted by Crippen LogP contribution is -2.07. The molecular formula is C19H19F3N4O. The third-order valence-corrected chi connectivity index (χ3v) is 4.17. The van der Waals surface area contributed by atoms with Crippen LogP contribution in [0.4, 0.5) is 24.5 Å². The molecular weight excluding hydrogens is 357 g/mol. The first-order valence-electron chi connectivity index (χ1n) is 8.35. The van der Waals surface area contributed by atoms with Crippen LogP contribution in [0, 0.1) is 0 Å². The maximum absolute atomic E-state index is 12.7. The summed E-state index contributed by atoms with van der Waals surface area (Å²) in [5, 5.41) is 16.9. The van der Waals surface area contributed by atoms with Crippen molar-refractivity contribution in [3.8, 4) is 11.4 Å². The number of aromatic nitrogens is 3. The van der Waals surface area contributed by atoms with E-state index in [1.807, 2.05) is 25.1 Å². The molecule has 2 aromatic carbocycles. The summed E-state index contributed by atoms with van der Waals surface area (Å²) in [6.45, 7) is 1.80. The number of aryl methyl sites for hydroxylation is 1. The fraction of sp³-hybridized carbons (Fsp3) is 0.263. The average Bonchev–Trinajstić information content (AvgIpc) is 3.03. The maximum atomic E-state index is 12.7. The topological polar surface area (TPSA) is 63.0 Å². The molecule has 3 rings (SSSR count). The molecule has 0 saturated heterocycles. The molecule has 1 unspecified atom stereocenters. The average molecular weight is 376 g/mol. The van der Waals surface area contributed by atoms with Crippen molar-refractivity contribution in [3.05, 3.63) is 59.9 Å². The minimum atomic E-state index is -4.37. The molecule has 1 aromatic heterocycles. The summed E-state index contributed by atoms with van der Waals surface area (Å²) >= 11 is 0. The Bertz CT molecular complexity index is 919. The highest BCUT2D eigenvalue weighted by molar-refractivity contribution is 5.77. The molecule has 1 atom stereocenters. The van der Waals surface area contributed by atoms with Crippen molar-refractivity contribution in [1.29, 1.82) is 0 Å². The van der Waals surface area contributed by atoms with E-state index in [4.69, 9.17) is 0 Å². The van der Waals surface area contributed by atoms with E-state index in [2.05, 4.69) is 15.4 Å². The fourth-order valence-electron chi connectivity index (χ4n) is 2.71. The van der Waals surface area contributed by atoms with E-state index >= 15 is 0 Å². The molecule has 27 heavy (non-hydrogen) atoms. The third-order valence-electron chi connectivity index (χ3n) is 4.17. The highest BCUT2D eigenvalue weighted by atomic mass is 19.4. The number of nitrogens with zero attached hydrogens (tertiary/aromatic N) is 3. The molecule has 0 radical (unpaired) electrons. The number of hydrogen-bond acceptors (Lipinski definition) is 4. The lowest BCUT2D eigenvalue weighted by molar-refractivity contribution is -0.137. The van der Waals surface area contributed by atoms with Crippen LogP contribution in [0.2, 0.25) is 0 Å². The summed E-state index contributed by atoms with van der Waals surface area (Å²) in [5.74, 6) is 0.964. The third kappa shape index (κ3) is 4.11. The van der Waals surface area contributed by atoms with Crippen LogP contribution in [0.5, 0.6) is 0 Å². The van der Waals surface area contributed by atoms with E-state index in [9.17, 15) is 18.3 Å². The van der Waals surface area contributed by atoms with E-state index in [0.717, 1.165) is 12.1 Å². The van der Waals surface area contributed by atoms with Gasteiger partial charge in [0.25, 0.3) is 0 Å². The van der Waals surface area contributed by atoms with E-state index < -0.39 is 11.7 Å². The van der Waals surface area contributed by atoms with Crippen LogP contribution in [0.15, 0.2) is 48.5 Å². The van der Waals surface area contributed by atoms with Crippen LogP contribution in [0.25, 0.3) is 11.4 Å². The van der Waals surface area contributed by atoms with Gasteiger partial charge < -0.3 is 10.4 Å². The summed E-state index contributed by atoms with van der Waals surface area (Å²) in [6, 6.07) is 12.1. The highest BCUT2D eigenvalue weighted by Crippen LogP contribution is 2.32. The van der Waals surface area contributed by atoms with Gasteiger partial charge in [0.2, 0.25) is 0 Å². The van der Waals surface area contributed by atoms with Crippen LogP contribution in [0.3, 0.4) is 0 Å². The van der Waals surface area contributed by atoms with Crippen molar-refractivity contribution in [2.24, 2.45) is 7.05 Å². The minimum Gasteiger partial charge on any atom is -0.396 e. The van der Waals surface area contributed by atoms with Crippen LogP contribution in [-0.2, 0) is 13.2 Å². The van der Waals surface area contributed by atoms with Crippen molar-refractivity contribution in [1.82, 2.24) is 14.8 Å². The van der Waals surface area contributed by atoms with Gasteiger partial charge in [0, 0.05) is 29.9 Å². The Hall–Kier alpha value is -2.87. The Morgan fingerprint density at radius 3 is 2.41 bits per heavy atom. The predicted molar refractivity (Wildman–Crippen MR) is 96.7 cm³/mol. The van der Waals surface area contributed by atoms with Crippen LogP contribution in [-0.4, -0.2) is 26.5 Å². The molecule has 0 bridgehead atoms. The van der Waals surface area contributed by atoms with Gasteiger partial charge in [0.05, 0.1) is 12.2 Å². The molecule has 0 aliphatic carbocycles. The van der Waals surface area contributed by atoms with E-state index in [1.54, 1.807) is 17.8 Å². The highest BCUT2D eigenvalue weighted by Gasteiger charge is 2.30. The van der Waals surface area contributed by atoms with Gasteiger partial charge in [-0.05, 0) is 36.4 Å². The zero-order valence-electron chi connectivity index (χ0n) is 14.8. The number of nitrogens with one attached hydrogen (secondary N) is 1. The first-order valence-corrected chi connectivity index (χ1v) is 8.35. The van der Waals surface area contributed by atoms with Gasteiger partial charge in [-0.3, -0.25) is 4.68 Å². The minimum absolute atomic E-state index is 0.0442. The number of para-hydroxylation sites is 1. The maximum Gasteiger partial charge on any atom is 0.416 e. The molecule has 0 amide bonds. The SMILES string of the molecule is CC(CO)c1nc(-c2ccccc2Nc2ccc(C(F)(F)F)cc2)nn1C. The molecule has 0 aliphatic rings. The number of aliphatic hydroxyl groups is 1. The first-order chi connectivity index (χ1) is 12.8.